The van der Waals surface area contributed by atoms with E-state index in [1.807, 2.05) is 0 Å². The number of rotatable bonds is 3. The van der Waals surface area contributed by atoms with Crippen molar-refractivity contribution in [1.82, 2.24) is 5.32 Å². The Morgan fingerprint density at radius 1 is 1.09 bits per heavy atom. The highest BCUT2D eigenvalue weighted by molar-refractivity contribution is 6.36. The fourth-order valence-corrected chi connectivity index (χ4v) is 6.12. The van der Waals surface area contributed by atoms with Gasteiger partial charge in [-0.05, 0) is 73.5 Å². The molecule has 23 heavy (non-hydrogen) atoms. The monoisotopic (exact) mass is 351 g/mol. The van der Waals surface area contributed by atoms with Gasteiger partial charge >= 0.3 is 0 Å². The molecule has 4 fully saturated rings. The van der Waals surface area contributed by atoms with Crippen LogP contribution >= 0.6 is 23.2 Å². The molecule has 4 aliphatic rings. The SMILES string of the molecule is O=C(NCC12CC3C[C@@H](CC[C@H](C3)C1)C2)c1ccc(Cl)cc1Cl. The lowest BCUT2D eigenvalue weighted by atomic mass is 9.58. The van der Waals surface area contributed by atoms with Crippen LogP contribution in [0.5, 0.6) is 0 Å². The molecule has 4 saturated carbocycles. The normalized spacial score (nSPS) is 35.1. The Bertz CT molecular complexity index is 614. The molecular weight excluding hydrogens is 329 g/mol. The standard InChI is InChI=1S/C19H23Cl2NO/c20-15-3-4-16(17(21)7-15)18(23)22-11-19-8-12-1-2-13(9-19)6-14(5-12)10-19/h3-4,7,12-14H,1-2,5-6,8-11H2,(H,22,23)/t12-,13-,14?,19?/m1/s1. The van der Waals surface area contributed by atoms with E-state index in [1.165, 1.54) is 44.9 Å². The highest BCUT2D eigenvalue weighted by Crippen LogP contribution is 2.57. The molecule has 0 heterocycles. The van der Waals surface area contributed by atoms with Gasteiger partial charge in [0.25, 0.3) is 5.91 Å². The van der Waals surface area contributed by atoms with Crippen LogP contribution in [0.1, 0.15) is 55.3 Å². The molecule has 1 amide bonds. The second kappa shape index (κ2) is 5.97. The van der Waals surface area contributed by atoms with Gasteiger partial charge in [-0.25, -0.2) is 0 Å². The molecule has 0 radical (unpaired) electrons. The quantitative estimate of drug-likeness (QED) is 0.783. The summed E-state index contributed by atoms with van der Waals surface area (Å²) < 4.78 is 0. The third-order valence-corrected chi connectivity index (χ3v) is 6.83. The van der Waals surface area contributed by atoms with Crippen molar-refractivity contribution in [2.75, 3.05) is 6.54 Å². The predicted octanol–water partition coefficient (Wildman–Crippen LogP) is 5.33. The number of fused-ring (bicyclic) bond motifs is 1. The van der Waals surface area contributed by atoms with Gasteiger partial charge < -0.3 is 5.32 Å². The third-order valence-electron chi connectivity index (χ3n) is 6.28. The summed E-state index contributed by atoms with van der Waals surface area (Å²) >= 11 is 12.1. The van der Waals surface area contributed by atoms with Gasteiger partial charge in [-0.15, -0.1) is 0 Å². The molecule has 5 rings (SSSR count). The fraction of sp³-hybridized carbons (Fsp3) is 0.632. The Morgan fingerprint density at radius 3 is 2.39 bits per heavy atom. The van der Waals surface area contributed by atoms with Crippen LogP contribution in [0.15, 0.2) is 18.2 Å². The van der Waals surface area contributed by atoms with Crippen molar-refractivity contribution >= 4 is 29.1 Å². The molecule has 1 N–H and O–H groups in total. The maximum Gasteiger partial charge on any atom is 0.252 e. The van der Waals surface area contributed by atoms with Crippen molar-refractivity contribution in [2.24, 2.45) is 23.2 Å². The summed E-state index contributed by atoms with van der Waals surface area (Å²) in [5.74, 6) is 2.60. The maximum atomic E-state index is 12.5. The first kappa shape index (κ1) is 15.8. The first-order valence-electron chi connectivity index (χ1n) is 8.76. The van der Waals surface area contributed by atoms with Crippen LogP contribution in [0.4, 0.5) is 0 Å². The largest absolute Gasteiger partial charge is 0.351 e. The average Bonchev–Trinajstić information content (AvgIpc) is 2.71. The molecule has 0 spiro atoms. The van der Waals surface area contributed by atoms with Crippen LogP contribution in [0.2, 0.25) is 10.0 Å². The number of carbonyl (C=O) groups is 1. The number of amides is 1. The van der Waals surface area contributed by atoms with Gasteiger partial charge in [-0.1, -0.05) is 36.0 Å². The van der Waals surface area contributed by atoms with Gasteiger partial charge in [-0.3, -0.25) is 4.79 Å². The van der Waals surface area contributed by atoms with Crippen LogP contribution in [-0.4, -0.2) is 12.5 Å². The molecule has 124 valence electrons. The molecule has 0 saturated heterocycles. The van der Waals surface area contributed by atoms with Crippen LogP contribution in [-0.2, 0) is 0 Å². The zero-order chi connectivity index (χ0) is 16.0. The zero-order valence-electron chi connectivity index (χ0n) is 13.3. The molecule has 0 aromatic heterocycles. The van der Waals surface area contributed by atoms with E-state index in [2.05, 4.69) is 5.32 Å². The Kier molecular flexibility index (Phi) is 4.09. The van der Waals surface area contributed by atoms with E-state index in [-0.39, 0.29) is 5.91 Å². The number of carbonyl (C=O) groups excluding carboxylic acids is 1. The fourth-order valence-electron chi connectivity index (χ4n) is 5.62. The number of nitrogens with one attached hydrogen (secondary N) is 1. The molecule has 0 aliphatic heterocycles. The summed E-state index contributed by atoms with van der Waals surface area (Å²) in [7, 11) is 0. The van der Waals surface area contributed by atoms with E-state index in [9.17, 15) is 4.79 Å². The van der Waals surface area contributed by atoms with Gasteiger partial charge in [0.1, 0.15) is 0 Å². The number of hydrogen-bond donors (Lipinski definition) is 1. The summed E-state index contributed by atoms with van der Waals surface area (Å²) in [5, 5.41) is 4.17. The Balaban J connectivity index is 1.47. The maximum absolute atomic E-state index is 12.5. The van der Waals surface area contributed by atoms with E-state index in [1.54, 1.807) is 18.2 Å². The van der Waals surface area contributed by atoms with E-state index in [4.69, 9.17) is 23.2 Å². The molecule has 1 aromatic carbocycles. The lowest BCUT2D eigenvalue weighted by molar-refractivity contribution is 0.0338. The zero-order valence-corrected chi connectivity index (χ0v) is 14.8. The van der Waals surface area contributed by atoms with Crippen molar-refractivity contribution < 1.29 is 4.79 Å². The highest BCUT2D eigenvalue weighted by atomic mass is 35.5. The molecule has 2 nitrogen and oxygen atoms in total. The smallest absolute Gasteiger partial charge is 0.252 e. The first-order valence-corrected chi connectivity index (χ1v) is 9.52. The molecule has 0 unspecified atom stereocenters. The molecule has 4 heteroatoms. The Morgan fingerprint density at radius 2 is 1.74 bits per heavy atom. The Labute approximate surface area is 147 Å². The lowest BCUT2D eigenvalue weighted by Gasteiger charge is -2.48. The van der Waals surface area contributed by atoms with E-state index in [0.717, 1.165) is 24.3 Å². The molecule has 4 bridgehead atoms. The summed E-state index contributed by atoms with van der Waals surface area (Å²) in [6, 6.07) is 5.07. The minimum atomic E-state index is -0.0684. The third kappa shape index (κ3) is 3.13. The van der Waals surface area contributed by atoms with Crippen LogP contribution in [0.3, 0.4) is 0 Å². The second-order valence-electron chi connectivity index (χ2n) is 8.07. The van der Waals surface area contributed by atoms with Crippen LogP contribution in [0, 0.1) is 23.2 Å². The minimum Gasteiger partial charge on any atom is -0.351 e. The number of benzene rings is 1. The first-order chi connectivity index (χ1) is 11.0. The van der Waals surface area contributed by atoms with Crippen molar-refractivity contribution in [1.29, 1.82) is 0 Å². The summed E-state index contributed by atoms with van der Waals surface area (Å²) in [5.41, 5.74) is 0.861. The molecule has 1 aromatic rings. The highest BCUT2D eigenvalue weighted by Gasteiger charge is 2.48. The van der Waals surface area contributed by atoms with Crippen molar-refractivity contribution in [3.05, 3.63) is 33.8 Å². The van der Waals surface area contributed by atoms with Gasteiger partial charge in [-0.2, -0.15) is 0 Å². The number of hydrogen-bond acceptors (Lipinski definition) is 1. The second-order valence-corrected chi connectivity index (χ2v) is 8.91. The van der Waals surface area contributed by atoms with Crippen LogP contribution < -0.4 is 5.32 Å². The molecule has 2 atom stereocenters. The topological polar surface area (TPSA) is 29.1 Å². The predicted molar refractivity (Wildman–Crippen MR) is 94.0 cm³/mol. The van der Waals surface area contributed by atoms with E-state index in [0.29, 0.717) is 21.0 Å². The summed E-state index contributed by atoms with van der Waals surface area (Å²) in [6.07, 6.45) is 9.56. The molecule has 4 aliphatic carbocycles. The molecular formula is C19H23Cl2NO. The average molecular weight is 352 g/mol. The summed E-state index contributed by atoms with van der Waals surface area (Å²) in [4.78, 5) is 12.5. The Hall–Kier alpha value is -0.730. The lowest BCUT2D eigenvalue weighted by Crippen LogP contribution is -2.45. The van der Waals surface area contributed by atoms with Crippen molar-refractivity contribution in [3.63, 3.8) is 0 Å². The van der Waals surface area contributed by atoms with E-state index >= 15 is 0 Å². The van der Waals surface area contributed by atoms with E-state index < -0.39 is 0 Å². The minimum absolute atomic E-state index is 0.0684. The van der Waals surface area contributed by atoms with Gasteiger partial charge in [0.15, 0.2) is 0 Å². The van der Waals surface area contributed by atoms with Crippen molar-refractivity contribution in [3.8, 4) is 0 Å². The van der Waals surface area contributed by atoms with Crippen molar-refractivity contribution in [2.45, 2.75) is 44.9 Å². The van der Waals surface area contributed by atoms with Gasteiger partial charge in [0, 0.05) is 11.6 Å². The van der Waals surface area contributed by atoms with Crippen LogP contribution in [0.25, 0.3) is 0 Å². The van der Waals surface area contributed by atoms with Gasteiger partial charge in [0.2, 0.25) is 0 Å². The summed E-state index contributed by atoms with van der Waals surface area (Å²) in [6.45, 7) is 0.800. The number of halogens is 2. The van der Waals surface area contributed by atoms with Gasteiger partial charge in [0.05, 0.1) is 10.6 Å².